The smallest absolute Gasteiger partial charge is 0.259 e. The number of aromatic nitrogens is 1. The van der Waals surface area contributed by atoms with Gasteiger partial charge in [0.15, 0.2) is 0 Å². The Bertz CT molecular complexity index is 666. The monoisotopic (exact) mass is 299 g/mol. The van der Waals surface area contributed by atoms with Gasteiger partial charge in [-0.15, -0.1) is 0 Å². The molecule has 0 saturated carbocycles. The van der Waals surface area contributed by atoms with E-state index in [0.717, 1.165) is 12.0 Å². The fourth-order valence-electron chi connectivity index (χ4n) is 3.16. The summed E-state index contributed by atoms with van der Waals surface area (Å²) >= 11 is 0. The summed E-state index contributed by atoms with van der Waals surface area (Å²) < 4.78 is 5.30. The maximum Gasteiger partial charge on any atom is 0.259 e. The molecule has 5 nitrogen and oxygen atoms in total. The van der Waals surface area contributed by atoms with Gasteiger partial charge in [-0.3, -0.25) is 4.79 Å². The third-order valence-electron chi connectivity index (χ3n) is 4.38. The molecule has 1 aromatic heterocycles. The number of amides is 1. The van der Waals surface area contributed by atoms with Crippen molar-refractivity contribution in [3.05, 3.63) is 41.7 Å². The fourth-order valence-corrected chi connectivity index (χ4v) is 3.16. The third-order valence-corrected chi connectivity index (χ3v) is 4.38. The van der Waals surface area contributed by atoms with E-state index in [1.54, 1.807) is 6.92 Å². The second-order valence-electron chi connectivity index (χ2n) is 5.97. The lowest BCUT2D eigenvalue weighted by molar-refractivity contribution is 0.0742. The summed E-state index contributed by atoms with van der Waals surface area (Å²) in [5, 5.41) is 4.10. The maximum absolute atomic E-state index is 13.0. The van der Waals surface area contributed by atoms with Gasteiger partial charge < -0.3 is 15.2 Å². The summed E-state index contributed by atoms with van der Waals surface area (Å²) in [6.45, 7) is 5.17. The first-order valence-corrected chi connectivity index (χ1v) is 7.64. The first-order valence-electron chi connectivity index (χ1n) is 7.64. The van der Waals surface area contributed by atoms with Crippen LogP contribution in [0.1, 0.15) is 29.5 Å². The molecule has 116 valence electrons. The van der Waals surface area contributed by atoms with E-state index in [1.165, 1.54) is 0 Å². The van der Waals surface area contributed by atoms with Crippen molar-refractivity contribution in [1.82, 2.24) is 10.1 Å². The van der Waals surface area contributed by atoms with Gasteiger partial charge in [-0.05, 0) is 32.7 Å². The van der Waals surface area contributed by atoms with E-state index >= 15 is 0 Å². The molecule has 3 rings (SSSR count). The largest absolute Gasteiger partial charge is 0.360 e. The summed E-state index contributed by atoms with van der Waals surface area (Å²) in [7, 11) is 0. The second kappa shape index (κ2) is 5.93. The molecule has 1 fully saturated rings. The summed E-state index contributed by atoms with van der Waals surface area (Å²) in [6.07, 6.45) is 0.952. The van der Waals surface area contributed by atoms with Crippen LogP contribution in [0.15, 0.2) is 34.9 Å². The number of benzene rings is 1. The minimum absolute atomic E-state index is 0.0129. The molecule has 0 radical (unpaired) electrons. The number of likely N-dealkylation sites (tertiary alicyclic amines) is 1. The van der Waals surface area contributed by atoms with Crippen LogP contribution in [-0.4, -0.2) is 35.1 Å². The minimum Gasteiger partial charge on any atom is -0.360 e. The van der Waals surface area contributed by atoms with Crippen LogP contribution in [0.5, 0.6) is 0 Å². The second-order valence-corrected chi connectivity index (χ2v) is 5.97. The van der Waals surface area contributed by atoms with Crippen molar-refractivity contribution in [1.29, 1.82) is 0 Å². The van der Waals surface area contributed by atoms with Crippen LogP contribution in [0.4, 0.5) is 0 Å². The van der Waals surface area contributed by atoms with E-state index in [2.05, 4.69) is 12.1 Å². The molecule has 2 atom stereocenters. The highest BCUT2D eigenvalue weighted by Crippen LogP contribution is 2.30. The Morgan fingerprint density at radius 3 is 2.77 bits per heavy atom. The number of hydrogen-bond donors (Lipinski definition) is 1. The Balaban J connectivity index is 1.95. The van der Waals surface area contributed by atoms with Crippen LogP contribution in [0.2, 0.25) is 0 Å². The van der Waals surface area contributed by atoms with Gasteiger partial charge in [0, 0.05) is 18.2 Å². The van der Waals surface area contributed by atoms with Gasteiger partial charge >= 0.3 is 0 Å². The minimum atomic E-state index is -0.0129. The van der Waals surface area contributed by atoms with Crippen LogP contribution in [-0.2, 0) is 0 Å². The molecule has 1 aliphatic heterocycles. The molecule has 0 aliphatic carbocycles. The fraction of sp³-hybridized carbons (Fsp3) is 0.412. The van der Waals surface area contributed by atoms with Gasteiger partial charge in [-0.25, -0.2) is 0 Å². The molecule has 1 amide bonds. The number of rotatable bonds is 3. The molecule has 1 aliphatic rings. The van der Waals surface area contributed by atoms with Crippen LogP contribution in [0.25, 0.3) is 11.3 Å². The molecule has 2 heterocycles. The van der Waals surface area contributed by atoms with E-state index in [1.807, 2.05) is 35.2 Å². The highest BCUT2D eigenvalue weighted by molar-refractivity contribution is 6.01. The van der Waals surface area contributed by atoms with Crippen molar-refractivity contribution < 1.29 is 9.32 Å². The van der Waals surface area contributed by atoms with Gasteiger partial charge in [-0.1, -0.05) is 35.5 Å². The van der Waals surface area contributed by atoms with E-state index in [-0.39, 0.29) is 11.9 Å². The summed E-state index contributed by atoms with van der Waals surface area (Å²) in [5.74, 6) is 0.924. The third kappa shape index (κ3) is 2.52. The van der Waals surface area contributed by atoms with Gasteiger partial charge in [-0.2, -0.15) is 0 Å². The van der Waals surface area contributed by atoms with Crippen LogP contribution in [0.3, 0.4) is 0 Å². The van der Waals surface area contributed by atoms with Gasteiger partial charge in [0.2, 0.25) is 0 Å². The Hall–Kier alpha value is -2.14. The van der Waals surface area contributed by atoms with Crippen LogP contribution < -0.4 is 5.73 Å². The molecule has 0 bridgehead atoms. The normalized spacial score (nSPS) is 21.3. The average Bonchev–Trinajstić information content (AvgIpc) is 3.10. The van der Waals surface area contributed by atoms with E-state index in [9.17, 15) is 4.79 Å². The Morgan fingerprint density at radius 1 is 1.41 bits per heavy atom. The molecule has 1 saturated heterocycles. The van der Waals surface area contributed by atoms with Crippen LogP contribution in [0, 0.1) is 12.8 Å². The number of aryl methyl sites for hydroxylation is 1. The molecule has 1 aromatic carbocycles. The SMILES string of the molecule is Cc1onc(-c2ccccc2)c1C(=O)N1CC(CN)CC1C. The van der Waals surface area contributed by atoms with Crippen LogP contribution >= 0.6 is 0 Å². The molecular weight excluding hydrogens is 278 g/mol. The number of nitrogens with zero attached hydrogens (tertiary/aromatic N) is 2. The number of hydrogen-bond acceptors (Lipinski definition) is 4. The van der Waals surface area contributed by atoms with E-state index in [0.29, 0.717) is 36.0 Å². The Morgan fingerprint density at radius 2 is 2.14 bits per heavy atom. The lowest BCUT2D eigenvalue weighted by atomic mass is 10.0. The topological polar surface area (TPSA) is 72.4 Å². The lowest BCUT2D eigenvalue weighted by Gasteiger charge is -2.21. The zero-order valence-corrected chi connectivity index (χ0v) is 13.0. The van der Waals surface area contributed by atoms with Crippen molar-refractivity contribution in [2.24, 2.45) is 11.7 Å². The molecule has 2 N–H and O–H groups in total. The summed E-state index contributed by atoms with van der Waals surface area (Å²) in [4.78, 5) is 14.9. The zero-order valence-electron chi connectivity index (χ0n) is 13.0. The average molecular weight is 299 g/mol. The predicted molar refractivity (Wildman–Crippen MR) is 84.3 cm³/mol. The van der Waals surface area contributed by atoms with Gasteiger partial charge in [0.25, 0.3) is 5.91 Å². The molecule has 0 spiro atoms. The Kier molecular flexibility index (Phi) is 3.98. The quantitative estimate of drug-likeness (QED) is 0.945. The highest BCUT2D eigenvalue weighted by Gasteiger charge is 2.35. The molecule has 2 aromatic rings. The highest BCUT2D eigenvalue weighted by atomic mass is 16.5. The van der Waals surface area contributed by atoms with Crippen molar-refractivity contribution in [3.63, 3.8) is 0 Å². The number of carbonyl (C=O) groups excluding carboxylic acids is 1. The first kappa shape index (κ1) is 14.8. The molecule has 5 heteroatoms. The summed E-state index contributed by atoms with van der Waals surface area (Å²) in [6, 6.07) is 9.85. The Labute approximate surface area is 130 Å². The molecule has 2 unspecified atom stereocenters. The van der Waals surface area contributed by atoms with Gasteiger partial charge in [0.05, 0.1) is 0 Å². The number of carbonyl (C=O) groups is 1. The van der Waals surface area contributed by atoms with E-state index in [4.69, 9.17) is 10.3 Å². The van der Waals surface area contributed by atoms with Crippen molar-refractivity contribution >= 4 is 5.91 Å². The summed E-state index contributed by atoms with van der Waals surface area (Å²) in [5.41, 5.74) is 7.84. The van der Waals surface area contributed by atoms with Crippen molar-refractivity contribution in [2.45, 2.75) is 26.3 Å². The number of nitrogens with two attached hydrogens (primary N) is 1. The lowest BCUT2D eigenvalue weighted by Crippen LogP contribution is -2.34. The molecular formula is C17H21N3O2. The zero-order chi connectivity index (χ0) is 15.7. The molecule has 22 heavy (non-hydrogen) atoms. The first-order chi connectivity index (χ1) is 10.6. The van der Waals surface area contributed by atoms with Gasteiger partial charge in [0.1, 0.15) is 17.0 Å². The predicted octanol–water partition coefficient (Wildman–Crippen LogP) is 2.46. The van der Waals surface area contributed by atoms with Crippen molar-refractivity contribution in [2.75, 3.05) is 13.1 Å². The standard InChI is InChI=1S/C17H21N3O2/c1-11-8-13(9-18)10-20(11)17(21)15-12(2)22-19-16(15)14-6-4-3-5-7-14/h3-7,11,13H,8-10,18H2,1-2H3. The van der Waals surface area contributed by atoms with E-state index < -0.39 is 0 Å². The van der Waals surface area contributed by atoms with Crippen molar-refractivity contribution in [3.8, 4) is 11.3 Å². The maximum atomic E-state index is 13.0.